The maximum absolute atomic E-state index is 11.8. The average Bonchev–Trinajstić information content (AvgIpc) is 2.62. The molecule has 2 heterocycles. The van der Waals surface area contributed by atoms with Gasteiger partial charge in [0.15, 0.2) is 6.29 Å². The second-order valence-corrected chi connectivity index (χ2v) is 6.34. The smallest absolute Gasteiger partial charge is 0.311 e. The first-order chi connectivity index (χ1) is 11.9. The molecule has 9 heteroatoms. The molecule has 5 N–H and O–H groups in total. The Labute approximate surface area is 145 Å². The Kier molecular flexibility index (Phi) is 7.32. The summed E-state index contributed by atoms with van der Waals surface area (Å²) in [5.41, 5.74) is 0. The highest BCUT2D eigenvalue weighted by Gasteiger charge is 2.45. The number of hydrogen-bond acceptors (Lipinski definition) is 9. The van der Waals surface area contributed by atoms with Crippen molar-refractivity contribution in [1.82, 2.24) is 0 Å². The second-order valence-electron chi connectivity index (χ2n) is 6.34. The van der Waals surface area contributed by atoms with Gasteiger partial charge in [-0.3, -0.25) is 4.79 Å². The van der Waals surface area contributed by atoms with Gasteiger partial charge >= 0.3 is 5.97 Å². The van der Waals surface area contributed by atoms with Crippen molar-refractivity contribution in [1.29, 1.82) is 0 Å². The molecule has 8 atom stereocenters. The highest BCUT2D eigenvalue weighted by Crippen LogP contribution is 2.32. The zero-order valence-electron chi connectivity index (χ0n) is 13.8. The monoisotopic (exact) mass is 362 g/mol. The van der Waals surface area contributed by atoms with Crippen LogP contribution >= 0.6 is 0 Å². The van der Waals surface area contributed by atoms with Gasteiger partial charge in [0.25, 0.3) is 0 Å². The quantitative estimate of drug-likeness (QED) is 0.251. The van der Waals surface area contributed by atoms with Gasteiger partial charge in [-0.2, -0.15) is 0 Å². The van der Waals surface area contributed by atoms with Gasteiger partial charge in [0.05, 0.1) is 32.3 Å². The van der Waals surface area contributed by atoms with Crippen molar-refractivity contribution in [3.05, 3.63) is 12.7 Å². The molecule has 0 aromatic carbocycles. The van der Waals surface area contributed by atoms with Crippen LogP contribution in [0.2, 0.25) is 0 Å². The van der Waals surface area contributed by atoms with Crippen LogP contribution in [0.15, 0.2) is 12.7 Å². The third-order valence-electron chi connectivity index (χ3n) is 4.87. The fourth-order valence-electron chi connectivity index (χ4n) is 3.28. The van der Waals surface area contributed by atoms with E-state index in [-0.39, 0.29) is 31.7 Å². The van der Waals surface area contributed by atoms with E-state index in [1.54, 1.807) is 6.08 Å². The molecule has 0 aliphatic carbocycles. The highest BCUT2D eigenvalue weighted by molar-refractivity contribution is 5.73. The molecule has 0 aromatic rings. The van der Waals surface area contributed by atoms with E-state index in [2.05, 4.69) is 6.58 Å². The van der Waals surface area contributed by atoms with Crippen LogP contribution in [0.1, 0.15) is 6.42 Å². The molecule has 2 saturated heterocycles. The van der Waals surface area contributed by atoms with Crippen molar-refractivity contribution in [3.8, 4) is 0 Å². The third-order valence-corrected chi connectivity index (χ3v) is 4.87. The molecular weight excluding hydrogens is 336 g/mol. The molecule has 0 spiro atoms. The largest absolute Gasteiger partial charge is 0.465 e. The van der Waals surface area contributed by atoms with Crippen molar-refractivity contribution in [2.45, 2.75) is 37.1 Å². The van der Waals surface area contributed by atoms with Crippen LogP contribution < -0.4 is 0 Å². The van der Waals surface area contributed by atoms with Crippen molar-refractivity contribution in [2.75, 3.05) is 26.4 Å². The molecule has 9 nitrogen and oxygen atoms in total. The Morgan fingerprint density at radius 2 is 1.92 bits per heavy atom. The molecule has 2 fully saturated rings. The Balaban J connectivity index is 1.99. The number of esters is 1. The maximum Gasteiger partial charge on any atom is 0.311 e. The summed E-state index contributed by atoms with van der Waals surface area (Å²) in [7, 11) is 0. The Bertz CT molecular complexity index is 455. The summed E-state index contributed by atoms with van der Waals surface area (Å²) in [6.07, 6.45) is -4.65. The summed E-state index contributed by atoms with van der Waals surface area (Å²) in [6, 6.07) is 0. The number of rotatable bonds is 7. The average molecular weight is 362 g/mol. The van der Waals surface area contributed by atoms with Gasteiger partial charge in [-0.05, 0) is 12.3 Å². The van der Waals surface area contributed by atoms with E-state index in [0.29, 0.717) is 6.42 Å². The summed E-state index contributed by atoms with van der Waals surface area (Å²) in [6.45, 7) is 3.08. The number of carbonyl (C=O) groups excluding carboxylic acids is 1. The molecule has 2 rings (SSSR count). The number of cyclic esters (lactones) is 1. The molecule has 2 aliphatic heterocycles. The van der Waals surface area contributed by atoms with Gasteiger partial charge in [-0.15, -0.1) is 6.58 Å². The van der Waals surface area contributed by atoms with E-state index in [0.717, 1.165) is 0 Å². The summed E-state index contributed by atoms with van der Waals surface area (Å²) in [4.78, 5) is 11.8. The van der Waals surface area contributed by atoms with Crippen LogP contribution in [0.3, 0.4) is 0 Å². The molecule has 2 aliphatic rings. The lowest BCUT2D eigenvalue weighted by Gasteiger charge is -2.40. The van der Waals surface area contributed by atoms with Gasteiger partial charge < -0.3 is 39.7 Å². The lowest BCUT2D eigenvalue weighted by molar-refractivity contribution is -0.303. The first-order valence-corrected chi connectivity index (χ1v) is 8.26. The summed E-state index contributed by atoms with van der Waals surface area (Å²) >= 11 is 0. The lowest BCUT2D eigenvalue weighted by atomic mass is 9.78. The Hall–Kier alpha value is -1.07. The first-order valence-electron chi connectivity index (χ1n) is 8.26. The topological polar surface area (TPSA) is 146 Å². The van der Waals surface area contributed by atoms with E-state index >= 15 is 0 Å². The van der Waals surface area contributed by atoms with E-state index in [1.807, 2.05) is 0 Å². The number of carbonyl (C=O) groups is 1. The normalized spacial score (nSPS) is 40.4. The van der Waals surface area contributed by atoms with E-state index in [1.165, 1.54) is 0 Å². The number of ether oxygens (including phenoxy) is 3. The highest BCUT2D eigenvalue weighted by atomic mass is 16.7. The van der Waals surface area contributed by atoms with Crippen molar-refractivity contribution < 1.29 is 44.5 Å². The van der Waals surface area contributed by atoms with E-state index in [4.69, 9.17) is 14.2 Å². The zero-order valence-corrected chi connectivity index (χ0v) is 13.8. The van der Waals surface area contributed by atoms with Crippen molar-refractivity contribution in [3.63, 3.8) is 0 Å². The molecular formula is C16H26O9. The third kappa shape index (κ3) is 4.37. The van der Waals surface area contributed by atoms with Crippen LogP contribution in [0.4, 0.5) is 0 Å². The minimum atomic E-state index is -1.52. The van der Waals surface area contributed by atoms with Gasteiger partial charge in [-0.1, -0.05) is 6.08 Å². The Morgan fingerprint density at radius 1 is 1.20 bits per heavy atom. The molecule has 0 saturated carbocycles. The minimum Gasteiger partial charge on any atom is -0.465 e. The number of aliphatic hydroxyl groups excluding tert-OH is 5. The van der Waals surface area contributed by atoms with Gasteiger partial charge in [0.2, 0.25) is 0 Å². The number of aliphatic hydroxyl groups is 5. The molecule has 0 radical (unpaired) electrons. The predicted molar refractivity (Wildman–Crippen MR) is 83.0 cm³/mol. The molecule has 0 unspecified atom stereocenters. The maximum atomic E-state index is 11.8. The van der Waals surface area contributed by atoms with Crippen LogP contribution in [-0.2, 0) is 19.0 Å². The molecule has 0 aromatic heterocycles. The fraction of sp³-hybridized carbons (Fsp3) is 0.812. The van der Waals surface area contributed by atoms with Crippen LogP contribution in [0, 0.1) is 17.8 Å². The Morgan fingerprint density at radius 3 is 2.52 bits per heavy atom. The standard InChI is InChI=1S/C16H26O9/c1-2-8(9-3-4-23-15(22)10(9)5-17)7-24-16-14(21)13(20)12(19)11(6-18)25-16/h2,8-14,16-21H,1,3-7H2/t8-,9+,10-,11-,12-,13+,14-,16-/m1/s1. The van der Waals surface area contributed by atoms with E-state index < -0.39 is 49.2 Å². The molecule has 25 heavy (non-hydrogen) atoms. The SMILES string of the molecule is C=C[C@H](CO[C@@H]1O[C@H](CO)[C@@H](O)[C@H](O)[C@H]1O)[C@@H]1CCOC(=O)[C@@H]1CO. The van der Waals surface area contributed by atoms with Crippen LogP contribution in [0.5, 0.6) is 0 Å². The minimum absolute atomic E-state index is 0.0145. The fourth-order valence-corrected chi connectivity index (χ4v) is 3.28. The van der Waals surface area contributed by atoms with Crippen LogP contribution in [-0.4, -0.2) is 88.6 Å². The zero-order chi connectivity index (χ0) is 18.6. The summed E-state index contributed by atoms with van der Waals surface area (Å²) in [5.74, 6) is -1.72. The molecule has 0 amide bonds. The van der Waals surface area contributed by atoms with Crippen molar-refractivity contribution in [2.24, 2.45) is 17.8 Å². The number of hydrogen-bond donors (Lipinski definition) is 5. The summed E-state index contributed by atoms with van der Waals surface area (Å²) in [5, 5.41) is 48.1. The predicted octanol–water partition coefficient (Wildman–Crippen LogP) is -2.22. The van der Waals surface area contributed by atoms with Gasteiger partial charge in [-0.25, -0.2) is 0 Å². The van der Waals surface area contributed by atoms with Crippen molar-refractivity contribution >= 4 is 5.97 Å². The van der Waals surface area contributed by atoms with Gasteiger partial charge in [0, 0.05) is 5.92 Å². The lowest BCUT2D eigenvalue weighted by Crippen LogP contribution is -2.59. The van der Waals surface area contributed by atoms with Gasteiger partial charge in [0.1, 0.15) is 24.4 Å². The molecule has 144 valence electrons. The second kappa shape index (κ2) is 9.04. The van der Waals surface area contributed by atoms with E-state index in [9.17, 15) is 30.3 Å². The van der Waals surface area contributed by atoms with Crippen LogP contribution in [0.25, 0.3) is 0 Å². The molecule has 0 bridgehead atoms. The first kappa shape index (κ1) is 20.2. The summed E-state index contributed by atoms with van der Waals surface area (Å²) < 4.78 is 15.7.